The average molecular weight is 401 g/mol. The zero-order valence-corrected chi connectivity index (χ0v) is 15.0. The minimum atomic E-state index is -0.759. The maximum atomic E-state index is 12.1. The number of carbonyl (C=O) groups is 1. The normalized spacial score (nSPS) is 12.0. The molecule has 0 aromatic heterocycles. The fourth-order valence-corrected chi connectivity index (χ4v) is 2.87. The number of hydrogen-bond donors (Lipinski definition) is 2. The quantitative estimate of drug-likeness (QED) is 0.736. The van der Waals surface area contributed by atoms with Gasteiger partial charge in [0.2, 0.25) is 0 Å². The van der Waals surface area contributed by atoms with Crippen molar-refractivity contribution >= 4 is 45.2 Å². The number of halogens is 2. The van der Waals surface area contributed by atoms with Crippen molar-refractivity contribution in [1.82, 2.24) is 5.32 Å². The molecular formula is C16H15BrClNO2S. The van der Waals surface area contributed by atoms with Crippen molar-refractivity contribution in [2.45, 2.75) is 11.0 Å². The number of aliphatic hydroxyl groups excluding tert-OH is 1. The Bertz CT molecular complexity index is 664. The predicted octanol–water partition coefficient (Wildman–Crippen LogP) is 4.29. The third-order valence-electron chi connectivity index (χ3n) is 3.13. The highest BCUT2D eigenvalue weighted by molar-refractivity contribution is 9.10. The molecule has 0 aliphatic rings. The number of aliphatic hydroxyl groups is 1. The lowest BCUT2D eigenvalue weighted by molar-refractivity contribution is 0.0916. The number of amides is 1. The van der Waals surface area contributed by atoms with E-state index in [-0.39, 0.29) is 12.5 Å². The van der Waals surface area contributed by atoms with E-state index in [4.69, 9.17) is 11.6 Å². The Kier molecular flexibility index (Phi) is 6.32. The second-order valence-corrected chi connectivity index (χ2v) is 6.83. The van der Waals surface area contributed by atoms with E-state index in [0.717, 1.165) is 14.9 Å². The average Bonchev–Trinajstić information content (AvgIpc) is 2.54. The van der Waals surface area contributed by atoms with Crippen LogP contribution in [0.2, 0.25) is 5.02 Å². The minimum Gasteiger partial charge on any atom is -0.387 e. The number of hydrogen-bond acceptors (Lipinski definition) is 3. The van der Waals surface area contributed by atoms with Gasteiger partial charge in [-0.2, -0.15) is 0 Å². The Balaban J connectivity index is 1.99. The van der Waals surface area contributed by atoms with Gasteiger partial charge in [-0.25, -0.2) is 0 Å². The van der Waals surface area contributed by atoms with Crippen LogP contribution in [0.15, 0.2) is 51.8 Å². The summed E-state index contributed by atoms with van der Waals surface area (Å²) in [5.74, 6) is -0.314. The smallest absolute Gasteiger partial charge is 0.252 e. The minimum absolute atomic E-state index is 0.125. The van der Waals surface area contributed by atoms with Crippen LogP contribution in [-0.4, -0.2) is 23.8 Å². The first-order chi connectivity index (χ1) is 10.5. The Hall–Kier alpha value is -1.01. The molecule has 2 aromatic rings. The molecule has 6 heteroatoms. The van der Waals surface area contributed by atoms with Crippen LogP contribution in [-0.2, 0) is 0 Å². The molecule has 2 rings (SSSR count). The molecule has 0 spiro atoms. The summed E-state index contributed by atoms with van der Waals surface area (Å²) in [6.07, 6.45) is 1.23. The van der Waals surface area contributed by atoms with Crippen molar-refractivity contribution in [2.75, 3.05) is 12.8 Å². The Labute approximate surface area is 147 Å². The van der Waals surface area contributed by atoms with E-state index in [1.165, 1.54) is 0 Å². The van der Waals surface area contributed by atoms with Gasteiger partial charge in [0.15, 0.2) is 0 Å². The fraction of sp³-hybridized carbons (Fsp3) is 0.188. The van der Waals surface area contributed by atoms with Gasteiger partial charge in [-0.3, -0.25) is 4.79 Å². The van der Waals surface area contributed by atoms with Crippen LogP contribution in [0, 0.1) is 0 Å². The van der Waals surface area contributed by atoms with Crippen LogP contribution in [0.1, 0.15) is 22.0 Å². The summed E-state index contributed by atoms with van der Waals surface area (Å²) >= 11 is 11.0. The lowest BCUT2D eigenvalue weighted by atomic mass is 10.1. The largest absolute Gasteiger partial charge is 0.387 e. The molecule has 2 N–H and O–H groups in total. The summed E-state index contributed by atoms with van der Waals surface area (Å²) < 4.78 is 0.773. The Morgan fingerprint density at radius 3 is 2.64 bits per heavy atom. The van der Waals surface area contributed by atoms with E-state index in [9.17, 15) is 9.90 Å². The van der Waals surface area contributed by atoms with Gasteiger partial charge in [-0.15, -0.1) is 11.8 Å². The molecule has 0 aliphatic heterocycles. The summed E-state index contributed by atoms with van der Waals surface area (Å²) in [5.41, 5.74) is 1.14. The van der Waals surface area contributed by atoms with E-state index in [1.807, 2.05) is 30.5 Å². The molecule has 2 aromatic carbocycles. The standard InChI is InChI=1S/C16H15BrClNO2S/c1-22-12-5-2-10(3-6-12)15(20)9-19-16(21)13-8-11(17)4-7-14(13)18/h2-8,15,20H,9H2,1H3,(H,19,21). The molecule has 0 heterocycles. The third kappa shape index (κ3) is 4.49. The topological polar surface area (TPSA) is 49.3 Å². The monoisotopic (exact) mass is 399 g/mol. The predicted molar refractivity (Wildman–Crippen MR) is 94.7 cm³/mol. The molecule has 0 aliphatic carbocycles. The lowest BCUT2D eigenvalue weighted by Gasteiger charge is -2.13. The second-order valence-electron chi connectivity index (χ2n) is 4.62. The number of rotatable bonds is 5. The Morgan fingerprint density at radius 2 is 2.00 bits per heavy atom. The van der Waals surface area contributed by atoms with Gasteiger partial charge in [0.1, 0.15) is 0 Å². The van der Waals surface area contributed by atoms with Crippen molar-refractivity contribution < 1.29 is 9.90 Å². The molecule has 0 saturated heterocycles. The van der Waals surface area contributed by atoms with E-state index >= 15 is 0 Å². The van der Waals surface area contributed by atoms with Crippen LogP contribution in [0.5, 0.6) is 0 Å². The van der Waals surface area contributed by atoms with Crippen LogP contribution < -0.4 is 5.32 Å². The third-order valence-corrected chi connectivity index (χ3v) is 4.70. The fourth-order valence-electron chi connectivity index (χ4n) is 1.90. The van der Waals surface area contributed by atoms with E-state index in [0.29, 0.717) is 10.6 Å². The molecule has 0 bridgehead atoms. The molecule has 0 saturated carbocycles. The highest BCUT2D eigenvalue weighted by atomic mass is 79.9. The van der Waals surface area contributed by atoms with Gasteiger partial charge in [0, 0.05) is 15.9 Å². The summed E-state index contributed by atoms with van der Waals surface area (Å²) in [6, 6.07) is 12.7. The van der Waals surface area contributed by atoms with Crippen LogP contribution >= 0.6 is 39.3 Å². The molecule has 1 amide bonds. The maximum Gasteiger partial charge on any atom is 0.252 e. The van der Waals surface area contributed by atoms with Crippen molar-refractivity contribution in [1.29, 1.82) is 0 Å². The first-order valence-electron chi connectivity index (χ1n) is 6.56. The zero-order valence-electron chi connectivity index (χ0n) is 11.8. The summed E-state index contributed by atoms with van der Waals surface area (Å²) in [4.78, 5) is 13.2. The van der Waals surface area contributed by atoms with Gasteiger partial charge < -0.3 is 10.4 Å². The van der Waals surface area contributed by atoms with Gasteiger partial charge >= 0.3 is 0 Å². The highest BCUT2D eigenvalue weighted by Gasteiger charge is 2.13. The van der Waals surface area contributed by atoms with Crippen molar-refractivity contribution in [3.63, 3.8) is 0 Å². The molecule has 0 fully saturated rings. The number of nitrogens with one attached hydrogen (secondary N) is 1. The molecule has 22 heavy (non-hydrogen) atoms. The highest BCUT2D eigenvalue weighted by Crippen LogP contribution is 2.22. The number of carbonyl (C=O) groups excluding carboxylic acids is 1. The van der Waals surface area contributed by atoms with Gasteiger partial charge in [-0.05, 0) is 42.2 Å². The second kappa shape index (κ2) is 8.02. The van der Waals surface area contributed by atoms with E-state index < -0.39 is 6.10 Å². The van der Waals surface area contributed by atoms with Crippen LogP contribution in [0.25, 0.3) is 0 Å². The van der Waals surface area contributed by atoms with Gasteiger partial charge in [0.25, 0.3) is 5.91 Å². The first-order valence-corrected chi connectivity index (χ1v) is 8.96. The number of benzene rings is 2. The molecule has 3 nitrogen and oxygen atoms in total. The Morgan fingerprint density at radius 1 is 1.32 bits per heavy atom. The molecule has 116 valence electrons. The van der Waals surface area contributed by atoms with E-state index in [1.54, 1.807) is 30.0 Å². The summed E-state index contributed by atoms with van der Waals surface area (Å²) in [5, 5.41) is 13.2. The van der Waals surface area contributed by atoms with E-state index in [2.05, 4.69) is 21.2 Å². The number of thioether (sulfide) groups is 1. The summed E-state index contributed by atoms with van der Waals surface area (Å²) in [6.45, 7) is 0.125. The molecule has 0 radical (unpaired) electrons. The van der Waals surface area contributed by atoms with Crippen molar-refractivity contribution in [3.8, 4) is 0 Å². The molecule has 1 atom stereocenters. The SMILES string of the molecule is CSc1ccc(C(O)CNC(=O)c2cc(Br)ccc2Cl)cc1. The van der Waals surface area contributed by atoms with Crippen molar-refractivity contribution in [3.05, 3.63) is 63.1 Å². The zero-order chi connectivity index (χ0) is 16.1. The molecular weight excluding hydrogens is 386 g/mol. The maximum absolute atomic E-state index is 12.1. The van der Waals surface area contributed by atoms with Crippen molar-refractivity contribution in [2.24, 2.45) is 0 Å². The van der Waals surface area contributed by atoms with Crippen LogP contribution in [0.3, 0.4) is 0 Å². The molecule has 1 unspecified atom stereocenters. The lowest BCUT2D eigenvalue weighted by Crippen LogP contribution is -2.28. The van der Waals surface area contributed by atoms with Crippen LogP contribution in [0.4, 0.5) is 0 Å². The summed E-state index contributed by atoms with van der Waals surface area (Å²) in [7, 11) is 0. The first kappa shape index (κ1) is 17.3. The van der Waals surface area contributed by atoms with Gasteiger partial charge in [0.05, 0.1) is 16.7 Å². The van der Waals surface area contributed by atoms with Gasteiger partial charge in [-0.1, -0.05) is 39.7 Å².